The second kappa shape index (κ2) is 15.9. The van der Waals surface area contributed by atoms with Crippen molar-refractivity contribution in [1.82, 2.24) is 4.98 Å². The molecule has 0 bridgehead atoms. The Kier molecular flexibility index (Phi) is 12.3. The summed E-state index contributed by atoms with van der Waals surface area (Å²) in [6.07, 6.45) is 9.32. The SMILES string of the molecule is CCCCCCCC(=O)CC(=O)C=C(CO)c1cc(OC)c(O)cc1Cc1cnc(N)c(Cc2cc(C)cc(C)c2)c1. The zero-order valence-corrected chi connectivity index (χ0v) is 25.3. The van der Waals surface area contributed by atoms with Crippen LogP contribution in [0.25, 0.3) is 5.57 Å². The third-order valence-corrected chi connectivity index (χ3v) is 7.32. The summed E-state index contributed by atoms with van der Waals surface area (Å²) in [6, 6.07) is 11.6. The van der Waals surface area contributed by atoms with Gasteiger partial charge in [-0.2, -0.15) is 0 Å². The molecule has 2 aromatic carbocycles. The Morgan fingerprint density at radius 2 is 1.62 bits per heavy atom. The zero-order valence-electron chi connectivity index (χ0n) is 25.3. The molecule has 0 aliphatic rings. The van der Waals surface area contributed by atoms with E-state index in [1.165, 1.54) is 24.3 Å². The average molecular weight is 573 g/mol. The van der Waals surface area contributed by atoms with Crippen LogP contribution in [-0.2, 0) is 22.4 Å². The molecule has 0 atom stereocenters. The number of unbranched alkanes of at least 4 members (excludes halogenated alkanes) is 4. The van der Waals surface area contributed by atoms with E-state index in [0.717, 1.165) is 48.8 Å². The van der Waals surface area contributed by atoms with E-state index in [9.17, 15) is 19.8 Å². The van der Waals surface area contributed by atoms with Crippen molar-refractivity contribution in [2.45, 2.75) is 78.6 Å². The minimum atomic E-state index is -0.421. The number of methoxy groups -OCH3 is 1. The number of phenols is 1. The summed E-state index contributed by atoms with van der Waals surface area (Å²) in [7, 11) is 1.44. The number of aliphatic hydroxyl groups is 1. The molecule has 0 radical (unpaired) electrons. The smallest absolute Gasteiger partial charge is 0.163 e. The number of phenolic OH excluding ortho intramolecular Hbond substituents is 1. The number of nitrogens with two attached hydrogens (primary N) is 1. The van der Waals surface area contributed by atoms with Crippen molar-refractivity contribution in [1.29, 1.82) is 0 Å². The van der Waals surface area contributed by atoms with Gasteiger partial charge in [-0.1, -0.05) is 61.9 Å². The molecule has 7 heteroatoms. The van der Waals surface area contributed by atoms with Crippen LogP contribution >= 0.6 is 0 Å². The van der Waals surface area contributed by atoms with Gasteiger partial charge in [-0.25, -0.2) is 4.98 Å². The number of benzene rings is 2. The van der Waals surface area contributed by atoms with Gasteiger partial charge in [-0.3, -0.25) is 9.59 Å². The van der Waals surface area contributed by atoms with Crippen LogP contribution in [0.5, 0.6) is 11.5 Å². The minimum absolute atomic E-state index is 0.0584. The molecule has 3 aromatic rings. The fraction of sp³-hybridized carbons (Fsp3) is 0.400. The first-order valence-electron chi connectivity index (χ1n) is 14.7. The Morgan fingerprint density at radius 3 is 2.29 bits per heavy atom. The summed E-state index contributed by atoms with van der Waals surface area (Å²) in [5.74, 6) is 0.150. The molecule has 3 rings (SSSR count). The first-order valence-corrected chi connectivity index (χ1v) is 14.7. The van der Waals surface area contributed by atoms with E-state index in [-0.39, 0.29) is 29.5 Å². The fourth-order valence-electron chi connectivity index (χ4n) is 5.30. The van der Waals surface area contributed by atoms with Crippen molar-refractivity contribution < 1.29 is 24.5 Å². The van der Waals surface area contributed by atoms with Crippen molar-refractivity contribution in [3.8, 4) is 11.5 Å². The molecule has 4 N–H and O–H groups in total. The number of rotatable bonds is 16. The molecule has 42 heavy (non-hydrogen) atoms. The lowest BCUT2D eigenvalue weighted by Crippen LogP contribution is -2.08. The van der Waals surface area contributed by atoms with Crippen LogP contribution in [0.15, 0.2) is 48.7 Å². The number of pyridine rings is 1. The number of nitrogen functional groups attached to an aromatic ring is 1. The van der Waals surface area contributed by atoms with Crippen molar-refractivity contribution in [3.05, 3.63) is 87.6 Å². The lowest BCUT2D eigenvalue weighted by molar-refractivity contribution is -0.124. The highest BCUT2D eigenvalue weighted by Gasteiger charge is 2.17. The number of ketones is 2. The molecule has 0 unspecified atom stereocenters. The van der Waals surface area contributed by atoms with Gasteiger partial charge in [0.15, 0.2) is 17.3 Å². The second-order valence-electron chi connectivity index (χ2n) is 11.1. The highest BCUT2D eigenvalue weighted by Crippen LogP contribution is 2.34. The molecule has 7 nitrogen and oxygen atoms in total. The number of aryl methyl sites for hydroxylation is 2. The molecular formula is C35H44N2O5. The van der Waals surface area contributed by atoms with Crippen LogP contribution in [0.1, 0.15) is 90.8 Å². The van der Waals surface area contributed by atoms with E-state index < -0.39 is 6.61 Å². The maximum atomic E-state index is 12.8. The zero-order chi connectivity index (χ0) is 30.6. The van der Waals surface area contributed by atoms with Gasteiger partial charge in [0.2, 0.25) is 0 Å². The number of aromatic hydroxyl groups is 1. The quantitative estimate of drug-likeness (QED) is 0.103. The van der Waals surface area contributed by atoms with Gasteiger partial charge in [0, 0.05) is 19.0 Å². The van der Waals surface area contributed by atoms with Gasteiger partial charge in [0.1, 0.15) is 11.6 Å². The largest absolute Gasteiger partial charge is 0.504 e. The summed E-state index contributed by atoms with van der Waals surface area (Å²) < 4.78 is 5.32. The molecule has 0 saturated carbocycles. The number of carbonyl (C=O) groups excluding carboxylic acids is 2. The first-order chi connectivity index (χ1) is 20.1. The van der Waals surface area contributed by atoms with Gasteiger partial charge < -0.3 is 20.7 Å². The summed E-state index contributed by atoms with van der Waals surface area (Å²) in [4.78, 5) is 29.6. The molecule has 1 aromatic heterocycles. The van der Waals surface area contributed by atoms with Crippen LogP contribution in [0.3, 0.4) is 0 Å². The van der Waals surface area contributed by atoms with Crippen LogP contribution < -0.4 is 10.5 Å². The van der Waals surface area contributed by atoms with Gasteiger partial charge in [0.05, 0.1) is 20.1 Å². The third kappa shape index (κ3) is 9.55. The summed E-state index contributed by atoms with van der Waals surface area (Å²) in [5.41, 5.74) is 13.1. The molecule has 0 spiro atoms. The van der Waals surface area contributed by atoms with E-state index >= 15 is 0 Å². The number of allylic oxidation sites excluding steroid dienone is 1. The second-order valence-corrected chi connectivity index (χ2v) is 11.1. The molecule has 0 amide bonds. The highest BCUT2D eigenvalue weighted by molar-refractivity contribution is 6.07. The van der Waals surface area contributed by atoms with Crippen molar-refractivity contribution >= 4 is 23.0 Å². The Hall–Kier alpha value is -3.97. The topological polar surface area (TPSA) is 123 Å². The number of nitrogens with zero attached hydrogens (tertiary/aromatic N) is 1. The van der Waals surface area contributed by atoms with E-state index in [1.54, 1.807) is 18.3 Å². The third-order valence-electron chi connectivity index (χ3n) is 7.32. The number of hydrogen-bond donors (Lipinski definition) is 3. The van der Waals surface area contributed by atoms with E-state index in [2.05, 4.69) is 44.0 Å². The summed E-state index contributed by atoms with van der Waals surface area (Å²) >= 11 is 0. The lowest BCUT2D eigenvalue weighted by Gasteiger charge is -2.16. The van der Waals surface area contributed by atoms with Gasteiger partial charge in [0.25, 0.3) is 0 Å². The predicted molar refractivity (Wildman–Crippen MR) is 168 cm³/mol. The van der Waals surface area contributed by atoms with Crippen LogP contribution in [0, 0.1) is 13.8 Å². The number of carbonyl (C=O) groups is 2. The normalized spacial score (nSPS) is 11.5. The Morgan fingerprint density at radius 1 is 0.929 bits per heavy atom. The van der Waals surface area contributed by atoms with Crippen LogP contribution in [0.4, 0.5) is 5.82 Å². The fourth-order valence-corrected chi connectivity index (χ4v) is 5.30. The Bertz CT molecular complexity index is 1410. The highest BCUT2D eigenvalue weighted by atomic mass is 16.5. The standard InChI is InChI=1S/C35H44N2O5/c1-5-6-7-8-9-10-30(39)19-31(40)17-29(22-38)32-20-34(42-4)33(41)18-27(32)15-26-16-28(35(36)37-21-26)14-25-12-23(2)11-24(3)13-25/h11-13,16-18,20-21,38,41H,5-10,14-15,19,22H2,1-4H3,(H2,36,37). The Balaban J connectivity index is 1.86. The number of anilines is 1. The molecule has 224 valence electrons. The first kappa shape index (κ1) is 32.5. The lowest BCUT2D eigenvalue weighted by atomic mass is 9.92. The van der Waals surface area contributed by atoms with Crippen molar-refractivity contribution in [2.24, 2.45) is 0 Å². The van der Waals surface area contributed by atoms with Crippen LogP contribution in [-0.4, -0.2) is 40.5 Å². The van der Waals surface area contributed by atoms with Gasteiger partial charge in [-0.15, -0.1) is 0 Å². The van der Waals surface area contributed by atoms with E-state index in [1.807, 2.05) is 6.07 Å². The molecule has 0 aliphatic carbocycles. The monoisotopic (exact) mass is 572 g/mol. The van der Waals surface area contributed by atoms with E-state index in [4.69, 9.17) is 10.5 Å². The molecule has 0 fully saturated rings. The number of aromatic nitrogens is 1. The number of ether oxygens (including phenoxy) is 1. The Labute approximate surface area is 249 Å². The maximum Gasteiger partial charge on any atom is 0.163 e. The molecule has 0 saturated heterocycles. The van der Waals surface area contributed by atoms with E-state index in [0.29, 0.717) is 41.8 Å². The number of aliphatic hydroxyl groups excluding tert-OH is 1. The predicted octanol–water partition coefficient (Wildman–Crippen LogP) is 6.44. The van der Waals surface area contributed by atoms with Crippen LogP contribution in [0.2, 0.25) is 0 Å². The summed E-state index contributed by atoms with van der Waals surface area (Å²) in [6.45, 7) is 5.85. The molecule has 1 heterocycles. The average Bonchev–Trinajstić information content (AvgIpc) is 2.93. The molecule has 0 aliphatic heterocycles. The molecular weight excluding hydrogens is 528 g/mol. The maximum absolute atomic E-state index is 12.8. The minimum Gasteiger partial charge on any atom is -0.504 e. The van der Waals surface area contributed by atoms with Gasteiger partial charge >= 0.3 is 0 Å². The number of Topliss-reactive ketones (excluding diaryl/α,β-unsaturated/α-hetero) is 1. The van der Waals surface area contributed by atoms with Crippen molar-refractivity contribution in [2.75, 3.05) is 19.5 Å². The number of hydrogen-bond acceptors (Lipinski definition) is 7. The van der Waals surface area contributed by atoms with Gasteiger partial charge in [-0.05, 0) is 84.4 Å². The van der Waals surface area contributed by atoms with Crippen molar-refractivity contribution in [3.63, 3.8) is 0 Å². The summed E-state index contributed by atoms with van der Waals surface area (Å²) in [5, 5.41) is 20.8.